The molecule has 2 aromatic heterocycles. The molecule has 2 heterocycles. The number of alkyl halides is 5. The number of pyridine rings is 1. The Balaban J connectivity index is 2.61. The van der Waals surface area contributed by atoms with Gasteiger partial charge < -0.3 is 4.57 Å². The van der Waals surface area contributed by atoms with E-state index in [4.69, 9.17) is 0 Å². The Bertz CT molecular complexity index is 599. The van der Waals surface area contributed by atoms with Crippen molar-refractivity contribution in [3.05, 3.63) is 23.8 Å². The summed E-state index contributed by atoms with van der Waals surface area (Å²) in [6, 6.07) is 0.663. The first-order valence-corrected chi connectivity index (χ1v) is 4.88. The minimum atomic E-state index is -5.67. The standard InChI is InChI=1S/C10H8F5N3/c1-5-17-6-3-8(9(11,12)10(13,14)15)16-4-7(6)18(5)2/h3-4H,1-2H3. The summed E-state index contributed by atoms with van der Waals surface area (Å²) >= 11 is 0. The summed E-state index contributed by atoms with van der Waals surface area (Å²) in [5.74, 6) is -4.48. The molecule has 0 aliphatic rings. The molecule has 3 nitrogen and oxygen atoms in total. The zero-order valence-electron chi connectivity index (χ0n) is 9.39. The molecular weight excluding hydrogens is 257 g/mol. The third-order valence-electron chi connectivity index (χ3n) is 2.67. The molecule has 0 aromatic carbocycles. The smallest absolute Gasteiger partial charge is 0.330 e. The van der Waals surface area contributed by atoms with Crippen LogP contribution in [0.15, 0.2) is 12.3 Å². The van der Waals surface area contributed by atoms with Crippen LogP contribution in [0.25, 0.3) is 11.0 Å². The van der Waals surface area contributed by atoms with Crippen molar-refractivity contribution in [3.8, 4) is 0 Å². The van der Waals surface area contributed by atoms with Gasteiger partial charge in [-0.2, -0.15) is 22.0 Å². The number of rotatable bonds is 1. The van der Waals surface area contributed by atoms with Crippen molar-refractivity contribution in [1.82, 2.24) is 14.5 Å². The summed E-state index contributed by atoms with van der Waals surface area (Å²) in [7, 11) is 1.62. The zero-order chi connectivity index (χ0) is 13.7. The Morgan fingerprint density at radius 3 is 2.33 bits per heavy atom. The van der Waals surface area contributed by atoms with E-state index in [1.54, 1.807) is 18.5 Å². The summed E-state index contributed by atoms with van der Waals surface area (Å²) in [6.45, 7) is 1.61. The van der Waals surface area contributed by atoms with E-state index in [2.05, 4.69) is 9.97 Å². The lowest BCUT2D eigenvalue weighted by atomic mass is 10.2. The highest BCUT2D eigenvalue weighted by molar-refractivity contribution is 5.75. The number of nitrogens with zero attached hydrogens (tertiary/aromatic N) is 3. The summed E-state index contributed by atoms with van der Waals surface area (Å²) < 4.78 is 64.3. The maximum atomic E-state index is 13.1. The summed E-state index contributed by atoms with van der Waals surface area (Å²) in [4.78, 5) is 7.08. The maximum absolute atomic E-state index is 13.1. The Labute approximate surface area is 98.3 Å². The largest absolute Gasteiger partial charge is 0.459 e. The fourth-order valence-electron chi connectivity index (χ4n) is 1.53. The molecule has 2 rings (SSSR count). The minimum Gasteiger partial charge on any atom is -0.330 e. The van der Waals surface area contributed by atoms with Crippen molar-refractivity contribution in [2.24, 2.45) is 7.05 Å². The molecule has 0 saturated carbocycles. The van der Waals surface area contributed by atoms with Gasteiger partial charge in [-0.15, -0.1) is 0 Å². The van der Waals surface area contributed by atoms with Gasteiger partial charge in [0.2, 0.25) is 0 Å². The topological polar surface area (TPSA) is 30.7 Å². The zero-order valence-corrected chi connectivity index (χ0v) is 9.39. The molecule has 0 N–H and O–H groups in total. The molecule has 2 aromatic rings. The van der Waals surface area contributed by atoms with Crippen molar-refractivity contribution >= 4 is 11.0 Å². The van der Waals surface area contributed by atoms with Crippen LogP contribution in [0, 0.1) is 6.92 Å². The maximum Gasteiger partial charge on any atom is 0.459 e. The van der Waals surface area contributed by atoms with Crippen LogP contribution in [0.2, 0.25) is 0 Å². The molecular formula is C10H8F5N3. The van der Waals surface area contributed by atoms with Crippen LogP contribution in [-0.4, -0.2) is 20.7 Å². The average molecular weight is 265 g/mol. The van der Waals surface area contributed by atoms with Gasteiger partial charge in [0, 0.05) is 7.05 Å². The number of fused-ring (bicyclic) bond motifs is 1. The number of hydrogen-bond donors (Lipinski definition) is 0. The molecule has 0 aliphatic carbocycles. The van der Waals surface area contributed by atoms with E-state index in [1.165, 1.54) is 0 Å². The van der Waals surface area contributed by atoms with E-state index in [-0.39, 0.29) is 5.52 Å². The number of aromatic nitrogens is 3. The number of hydrogen-bond acceptors (Lipinski definition) is 2. The normalized spacial score (nSPS) is 13.3. The summed E-state index contributed by atoms with van der Waals surface area (Å²) in [6.07, 6.45) is -4.71. The predicted molar refractivity (Wildman–Crippen MR) is 53.2 cm³/mol. The van der Waals surface area contributed by atoms with Gasteiger partial charge >= 0.3 is 12.1 Å². The molecule has 0 aliphatic heterocycles. The van der Waals surface area contributed by atoms with E-state index in [0.717, 1.165) is 6.20 Å². The van der Waals surface area contributed by atoms with Crippen LogP contribution in [-0.2, 0) is 13.0 Å². The van der Waals surface area contributed by atoms with Crippen molar-refractivity contribution in [1.29, 1.82) is 0 Å². The van der Waals surface area contributed by atoms with Crippen LogP contribution in [0.5, 0.6) is 0 Å². The molecule has 0 unspecified atom stereocenters. The Morgan fingerprint density at radius 2 is 1.78 bits per heavy atom. The van der Waals surface area contributed by atoms with E-state index in [1.807, 2.05) is 0 Å². The first-order chi connectivity index (χ1) is 8.14. The van der Waals surface area contributed by atoms with Gasteiger partial charge in [-0.05, 0) is 13.0 Å². The van der Waals surface area contributed by atoms with Crippen LogP contribution in [0.4, 0.5) is 22.0 Å². The quantitative estimate of drug-likeness (QED) is 0.742. The fraction of sp³-hybridized carbons (Fsp3) is 0.400. The summed E-state index contributed by atoms with van der Waals surface area (Å²) in [5, 5.41) is 0. The number of imidazole rings is 1. The van der Waals surface area contributed by atoms with Crippen LogP contribution >= 0.6 is 0 Å². The molecule has 0 fully saturated rings. The molecule has 0 radical (unpaired) electrons. The monoisotopic (exact) mass is 265 g/mol. The number of aryl methyl sites for hydroxylation is 2. The lowest BCUT2D eigenvalue weighted by Gasteiger charge is -2.18. The minimum absolute atomic E-state index is 0.0592. The van der Waals surface area contributed by atoms with Gasteiger partial charge in [0.1, 0.15) is 11.5 Å². The van der Waals surface area contributed by atoms with E-state index < -0.39 is 17.8 Å². The van der Waals surface area contributed by atoms with Gasteiger partial charge in [-0.3, -0.25) is 4.98 Å². The first kappa shape index (κ1) is 12.7. The molecule has 0 spiro atoms. The second-order valence-electron chi connectivity index (χ2n) is 3.85. The van der Waals surface area contributed by atoms with Gasteiger partial charge in [0.05, 0.1) is 17.2 Å². The highest BCUT2D eigenvalue weighted by atomic mass is 19.4. The van der Waals surface area contributed by atoms with Crippen LogP contribution in [0.3, 0.4) is 0 Å². The molecule has 18 heavy (non-hydrogen) atoms. The fourth-order valence-corrected chi connectivity index (χ4v) is 1.53. The Hall–Kier alpha value is -1.73. The third-order valence-corrected chi connectivity index (χ3v) is 2.67. The highest BCUT2D eigenvalue weighted by Gasteiger charge is 2.60. The van der Waals surface area contributed by atoms with Crippen LogP contribution < -0.4 is 0 Å². The van der Waals surface area contributed by atoms with Gasteiger partial charge in [-0.25, -0.2) is 4.98 Å². The van der Waals surface area contributed by atoms with Gasteiger partial charge in [-0.1, -0.05) is 0 Å². The lowest BCUT2D eigenvalue weighted by molar-refractivity contribution is -0.290. The van der Waals surface area contributed by atoms with Crippen molar-refractivity contribution in [2.75, 3.05) is 0 Å². The highest BCUT2D eigenvalue weighted by Crippen LogP contribution is 2.43. The third kappa shape index (κ3) is 1.72. The number of halogens is 5. The molecule has 98 valence electrons. The van der Waals surface area contributed by atoms with Gasteiger partial charge in [0.15, 0.2) is 0 Å². The molecule has 0 saturated heterocycles. The molecule has 0 atom stereocenters. The molecule has 8 heteroatoms. The van der Waals surface area contributed by atoms with E-state index in [0.29, 0.717) is 17.4 Å². The van der Waals surface area contributed by atoms with E-state index in [9.17, 15) is 22.0 Å². The SMILES string of the molecule is Cc1nc2cc(C(F)(F)C(F)(F)F)ncc2n1C. The molecule has 0 amide bonds. The van der Waals surface area contributed by atoms with Crippen molar-refractivity contribution < 1.29 is 22.0 Å². The molecule has 0 bridgehead atoms. The van der Waals surface area contributed by atoms with Crippen molar-refractivity contribution in [2.45, 2.75) is 19.0 Å². The second-order valence-corrected chi connectivity index (χ2v) is 3.85. The summed E-state index contributed by atoms with van der Waals surface area (Å²) in [5.41, 5.74) is -0.890. The predicted octanol–water partition coefficient (Wildman–Crippen LogP) is 2.93. The Kier molecular flexibility index (Phi) is 2.56. The van der Waals surface area contributed by atoms with Gasteiger partial charge in [0.25, 0.3) is 0 Å². The lowest BCUT2D eigenvalue weighted by Crippen LogP contribution is -2.34. The first-order valence-electron chi connectivity index (χ1n) is 4.88. The second kappa shape index (κ2) is 3.63. The Morgan fingerprint density at radius 1 is 1.17 bits per heavy atom. The van der Waals surface area contributed by atoms with Crippen LogP contribution in [0.1, 0.15) is 11.5 Å². The average Bonchev–Trinajstić information content (AvgIpc) is 2.53. The van der Waals surface area contributed by atoms with E-state index >= 15 is 0 Å². The van der Waals surface area contributed by atoms with Crippen molar-refractivity contribution in [3.63, 3.8) is 0 Å².